The summed E-state index contributed by atoms with van der Waals surface area (Å²) in [5.74, 6) is 0.843. The van der Waals surface area contributed by atoms with Crippen LogP contribution in [0.4, 0.5) is 0 Å². The van der Waals surface area contributed by atoms with Gasteiger partial charge in [-0.15, -0.1) is 24.0 Å². The van der Waals surface area contributed by atoms with Crippen molar-refractivity contribution in [2.24, 2.45) is 4.99 Å². The smallest absolute Gasteiger partial charge is 0.191 e. The minimum atomic E-state index is 0. The molecule has 2 N–H and O–H groups in total. The first-order valence-corrected chi connectivity index (χ1v) is 7.77. The van der Waals surface area contributed by atoms with E-state index in [0.29, 0.717) is 6.54 Å². The van der Waals surface area contributed by atoms with Crippen LogP contribution in [0.1, 0.15) is 26.5 Å². The van der Waals surface area contributed by atoms with Crippen LogP contribution in [0, 0.1) is 0 Å². The van der Waals surface area contributed by atoms with E-state index < -0.39 is 0 Å². The van der Waals surface area contributed by atoms with E-state index in [-0.39, 0.29) is 28.7 Å². The van der Waals surface area contributed by atoms with Gasteiger partial charge in [0, 0.05) is 24.0 Å². The maximum absolute atomic E-state index is 4.54. The number of aromatic nitrogens is 1. The van der Waals surface area contributed by atoms with Crippen LogP contribution in [0.5, 0.6) is 0 Å². The molecule has 0 amide bonds. The number of thioether (sulfide) groups is 1. The molecule has 0 spiro atoms. The number of halogens is 1. The predicted octanol–water partition coefficient (Wildman–Crippen LogP) is 2.90. The highest BCUT2D eigenvalue weighted by atomic mass is 127. The van der Waals surface area contributed by atoms with Gasteiger partial charge in [0.2, 0.25) is 0 Å². The fourth-order valence-electron chi connectivity index (χ4n) is 1.36. The summed E-state index contributed by atoms with van der Waals surface area (Å²) in [6.45, 7) is 8.82. The van der Waals surface area contributed by atoms with E-state index in [1.165, 1.54) is 0 Å². The van der Waals surface area contributed by atoms with E-state index >= 15 is 0 Å². The molecule has 0 aliphatic carbocycles. The Labute approximate surface area is 143 Å². The summed E-state index contributed by atoms with van der Waals surface area (Å²) < 4.78 is 0.196. The molecule has 0 bridgehead atoms. The minimum absolute atomic E-state index is 0. The zero-order chi connectivity index (χ0) is 14.1. The molecule has 20 heavy (non-hydrogen) atoms. The summed E-state index contributed by atoms with van der Waals surface area (Å²) in [6.07, 6.45) is 3.92. The molecular weight excluding hydrogens is 383 g/mol. The van der Waals surface area contributed by atoms with Crippen LogP contribution in [0.25, 0.3) is 0 Å². The Bertz CT molecular complexity index is 395. The second-order valence-electron chi connectivity index (χ2n) is 4.83. The first-order chi connectivity index (χ1) is 9.07. The Balaban J connectivity index is 0.00000361. The van der Waals surface area contributed by atoms with Gasteiger partial charge in [0.05, 0.1) is 12.2 Å². The van der Waals surface area contributed by atoms with Gasteiger partial charge in [0.1, 0.15) is 0 Å². The quantitative estimate of drug-likeness (QED) is 0.432. The van der Waals surface area contributed by atoms with Crippen LogP contribution in [-0.4, -0.2) is 35.0 Å². The zero-order valence-electron chi connectivity index (χ0n) is 12.6. The van der Waals surface area contributed by atoms with Crippen molar-refractivity contribution < 1.29 is 0 Å². The van der Waals surface area contributed by atoms with Crippen LogP contribution in [0.15, 0.2) is 29.4 Å². The van der Waals surface area contributed by atoms with Crippen LogP contribution >= 0.6 is 35.7 Å². The molecule has 0 unspecified atom stereocenters. The normalized spacial score (nSPS) is 11.7. The standard InChI is InChI=1S/C14H24N4S.HI/c1-5-15-13(18-11-14(2,3)19-4)17-10-12-8-6-7-9-16-12;/h6-9H,5,10-11H2,1-4H3,(H2,15,17,18);1H. The highest BCUT2D eigenvalue weighted by Crippen LogP contribution is 2.19. The molecule has 0 aromatic carbocycles. The molecule has 0 aliphatic heterocycles. The number of hydrogen-bond donors (Lipinski definition) is 2. The van der Waals surface area contributed by atoms with E-state index in [1.54, 1.807) is 6.20 Å². The van der Waals surface area contributed by atoms with Crippen molar-refractivity contribution in [3.05, 3.63) is 30.1 Å². The molecule has 0 aliphatic rings. The summed E-state index contributed by atoms with van der Waals surface area (Å²) in [6, 6.07) is 5.88. The Morgan fingerprint density at radius 3 is 2.65 bits per heavy atom. The molecule has 0 radical (unpaired) electrons. The first-order valence-electron chi connectivity index (χ1n) is 6.54. The van der Waals surface area contributed by atoms with E-state index in [2.05, 4.69) is 47.6 Å². The van der Waals surface area contributed by atoms with Gasteiger partial charge in [-0.1, -0.05) is 6.07 Å². The summed E-state index contributed by atoms with van der Waals surface area (Å²) in [5, 5.41) is 6.62. The highest BCUT2D eigenvalue weighted by Gasteiger charge is 2.15. The molecule has 1 aromatic rings. The van der Waals surface area contributed by atoms with Crippen molar-refractivity contribution in [2.75, 3.05) is 19.3 Å². The lowest BCUT2D eigenvalue weighted by atomic mass is 10.2. The van der Waals surface area contributed by atoms with Gasteiger partial charge in [-0.25, -0.2) is 4.99 Å². The number of rotatable bonds is 6. The molecule has 4 nitrogen and oxygen atoms in total. The third-order valence-electron chi connectivity index (χ3n) is 2.70. The Hall–Kier alpha value is -0.500. The largest absolute Gasteiger partial charge is 0.357 e. The molecule has 0 saturated heterocycles. The molecule has 1 heterocycles. The van der Waals surface area contributed by atoms with E-state index in [1.807, 2.05) is 30.0 Å². The summed E-state index contributed by atoms with van der Waals surface area (Å²) in [4.78, 5) is 8.81. The molecule has 0 atom stereocenters. The van der Waals surface area contributed by atoms with Crippen LogP contribution in [0.3, 0.4) is 0 Å². The van der Waals surface area contributed by atoms with Gasteiger partial charge in [0.15, 0.2) is 5.96 Å². The van der Waals surface area contributed by atoms with E-state index in [0.717, 1.165) is 24.7 Å². The number of guanidine groups is 1. The third-order valence-corrected chi connectivity index (χ3v) is 3.95. The number of pyridine rings is 1. The molecule has 1 aromatic heterocycles. The van der Waals surface area contributed by atoms with Gasteiger partial charge in [-0.05, 0) is 39.2 Å². The minimum Gasteiger partial charge on any atom is -0.357 e. The number of hydrogen-bond acceptors (Lipinski definition) is 3. The van der Waals surface area contributed by atoms with Crippen molar-refractivity contribution in [3.8, 4) is 0 Å². The van der Waals surface area contributed by atoms with Crippen molar-refractivity contribution in [1.82, 2.24) is 15.6 Å². The number of nitrogens with one attached hydrogen (secondary N) is 2. The maximum atomic E-state index is 4.54. The zero-order valence-corrected chi connectivity index (χ0v) is 15.8. The molecule has 114 valence electrons. The fourth-order valence-corrected chi connectivity index (χ4v) is 1.58. The van der Waals surface area contributed by atoms with Crippen molar-refractivity contribution in [3.63, 3.8) is 0 Å². The third kappa shape index (κ3) is 7.94. The number of aliphatic imine (C=N–C) groups is 1. The Morgan fingerprint density at radius 1 is 1.35 bits per heavy atom. The van der Waals surface area contributed by atoms with Gasteiger partial charge in [-0.3, -0.25) is 4.98 Å². The van der Waals surface area contributed by atoms with Crippen LogP contribution < -0.4 is 10.6 Å². The van der Waals surface area contributed by atoms with Gasteiger partial charge in [-0.2, -0.15) is 11.8 Å². The van der Waals surface area contributed by atoms with E-state index in [9.17, 15) is 0 Å². The Kier molecular flexibility index (Phi) is 10.0. The van der Waals surface area contributed by atoms with Crippen molar-refractivity contribution in [2.45, 2.75) is 32.1 Å². The molecular formula is C14H25IN4S. The second-order valence-corrected chi connectivity index (χ2v) is 6.35. The number of nitrogens with zero attached hydrogens (tertiary/aromatic N) is 2. The Morgan fingerprint density at radius 2 is 2.10 bits per heavy atom. The van der Waals surface area contributed by atoms with E-state index in [4.69, 9.17) is 0 Å². The van der Waals surface area contributed by atoms with Crippen LogP contribution in [0.2, 0.25) is 0 Å². The summed E-state index contributed by atoms with van der Waals surface area (Å²) in [5.41, 5.74) is 0.976. The summed E-state index contributed by atoms with van der Waals surface area (Å²) in [7, 11) is 0. The van der Waals surface area contributed by atoms with Gasteiger partial charge in [0.25, 0.3) is 0 Å². The lowest BCUT2D eigenvalue weighted by molar-refractivity contribution is 0.664. The van der Waals surface area contributed by atoms with Crippen LogP contribution in [-0.2, 0) is 6.54 Å². The molecule has 0 saturated carbocycles. The lowest BCUT2D eigenvalue weighted by Gasteiger charge is -2.23. The SMILES string of the molecule is CCNC(=NCc1ccccn1)NCC(C)(C)SC.I. The van der Waals surface area contributed by atoms with Crippen molar-refractivity contribution in [1.29, 1.82) is 0 Å². The lowest BCUT2D eigenvalue weighted by Crippen LogP contribution is -2.43. The molecule has 1 rings (SSSR count). The monoisotopic (exact) mass is 408 g/mol. The average Bonchev–Trinajstić information content (AvgIpc) is 2.43. The summed E-state index contributed by atoms with van der Waals surface area (Å²) >= 11 is 1.84. The van der Waals surface area contributed by atoms with Crippen molar-refractivity contribution >= 4 is 41.7 Å². The average molecular weight is 408 g/mol. The second kappa shape index (κ2) is 10.3. The maximum Gasteiger partial charge on any atom is 0.191 e. The van der Waals surface area contributed by atoms with Gasteiger partial charge >= 0.3 is 0 Å². The molecule has 6 heteroatoms. The fraction of sp³-hybridized carbons (Fsp3) is 0.571. The first kappa shape index (κ1) is 19.5. The van der Waals surface area contributed by atoms with Gasteiger partial charge < -0.3 is 10.6 Å². The topological polar surface area (TPSA) is 49.3 Å². The predicted molar refractivity (Wildman–Crippen MR) is 100 cm³/mol. The molecule has 0 fully saturated rings. The highest BCUT2D eigenvalue weighted by molar-refractivity contribution is 14.0.